The average Bonchev–Trinajstić information content (AvgIpc) is 2.56. The second-order valence-electron chi connectivity index (χ2n) is 5.81. The van der Waals surface area contributed by atoms with E-state index in [2.05, 4.69) is 22.2 Å². The third-order valence-electron chi connectivity index (χ3n) is 3.73. The highest BCUT2D eigenvalue weighted by molar-refractivity contribution is 5.29. The monoisotopic (exact) mass is 309 g/mol. The van der Waals surface area contributed by atoms with Gasteiger partial charge in [0.25, 0.3) is 0 Å². The van der Waals surface area contributed by atoms with Crippen LogP contribution in [0.15, 0.2) is 18.6 Å². The second kappa shape index (κ2) is 14.8. The first-order valence-electron chi connectivity index (χ1n) is 9.01. The van der Waals surface area contributed by atoms with Crippen LogP contribution in [0.3, 0.4) is 0 Å². The zero-order valence-corrected chi connectivity index (χ0v) is 14.2. The molecule has 0 bridgehead atoms. The van der Waals surface area contributed by atoms with E-state index in [4.69, 9.17) is 4.74 Å². The molecule has 0 unspecified atom stereocenters. The number of nitrogens with zero attached hydrogens (tertiary/aromatic N) is 2. The van der Waals surface area contributed by atoms with E-state index in [0.29, 0.717) is 0 Å². The second-order valence-corrected chi connectivity index (χ2v) is 5.81. The van der Waals surface area contributed by atoms with Crippen molar-refractivity contribution >= 4 is 5.82 Å². The van der Waals surface area contributed by atoms with Crippen LogP contribution in [-0.2, 0) is 4.74 Å². The third kappa shape index (κ3) is 11.5. The highest BCUT2D eigenvalue weighted by Crippen LogP contribution is 2.07. The highest BCUT2D eigenvalue weighted by Gasteiger charge is 1.94. The number of anilines is 1. The van der Waals surface area contributed by atoms with Crippen molar-refractivity contribution in [3.05, 3.63) is 18.6 Å². The number of hydrogen-bond donors (Lipinski definition) is 1. The first-order valence-corrected chi connectivity index (χ1v) is 9.01. The molecule has 0 aromatic carbocycles. The molecule has 1 aromatic rings. The van der Waals surface area contributed by atoms with E-state index in [0.717, 1.165) is 25.6 Å². The minimum atomic E-state index is 0. The molecule has 4 heteroatoms. The van der Waals surface area contributed by atoms with Crippen molar-refractivity contribution in [1.82, 2.24) is 9.97 Å². The summed E-state index contributed by atoms with van der Waals surface area (Å²) in [6.45, 7) is 5.13. The van der Waals surface area contributed by atoms with Gasteiger partial charge in [-0.2, -0.15) is 0 Å². The molecule has 0 radical (unpaired) electrons. The van der Waals surface area contributed by atoms with E-state index in [9.17, 15) is 0 Å². The SMILES string of the molecule is CCCCCCOCCCCCCCCNc1cnccn1.[HH]. The molecule has 1 heterocycles. The van der Waals surface area contributed by atoms with Gasteiger partial charge < -0.3 is 10.1 Å². The van der Waals surface area contributed by atoms with Crippen molar-refractivity contribution in [3.63, 3.8) is 0 Å². The standard InChI is InChI=1S/C18H33N3O.H2/c1-2-3-4-10-15-22-16-11-8-6-5-7-9-12-20-18-17-19-13-14-21-18;/h13-14,17H,2-12,15-16H2,1H3,(H,20,21);1H. The number of nitrogens with one attached hydrogen (secondary N) is 1. The summed E-state index contributed by atoms with van der Waals surface area (Å²) in [6.07, 6.45) is 18.0. The number of rotatable bonds is 15. The van der Waals surface area contributed by atoms with E-state index in [1.807, 2.05) is 0 Å². The molecule has 0 aliphatic heterocycles. The van der Waals surface area contributed by atoms with Gasteiger partial charge in [0.05, 0.1) is 6.20 Å². The molecule has 128 valence electrons. The fraction of sp³-hybridized carbons (Fsp3) is 0.778. The van der Waals surface area contributed by atoms with Crippen LogP contribution in [0.4, 0.5) is 5.82 Å². The van der Waals surface area contributed by atoms with Gasteiger partial charge in [0, 0.05) is 33.6 Å². The summed E-state index contributed by atoms with van der Waals surface area (Å²) in [4.78, 5) is 8.22. The normalized spacial score (nSPS) is 10.8. The van der Waals surface area contributed by atoms with Crippen LogP contribution in [0.5, 0.6) is 0 Å². The molecule has 0 spiro atoms. The van der Waals surface area contributed by atoms with E-state index in [1.54, 1.807) is 18.6 Å². The molecule has 0 amide bonds. The summed E-state index contributed by atoms with van der Waals surface area (Å²) in [5.41, 5.74) is 0. The summed E-state index contributed by atoms with van der Waals surface area (Å²) in [5, 5.41) is 3.29. The fourth-order valence-corrected chi connectivity index (χ4v) is 2.38. The number of hydrogen-bond acceptors (Lipinski definition) is 4. The highest BCUT2D eigenvalue weighted by atomic mass is 16.5. The molecule has 0 saturated heterocycles. The van der Waals surface area contributed by atoms with Crippen LogP contribution in [0.1, 0.15) is 72.6 Å². The Balaban J connectivity index is 0.00000484. The average molecular weight is 309 g/mol. The maximum absolute atomic E-state index is 5.65. The van der Waals surface area contributed by atoms with Gasteiger partial charge in [0.15, 0.2) is 0 Å². The first kappa shape index (κ1) is 18.9. The minimum Gasteiger partial charge on any atom is -0.381 e. The van der Waals surface area contributed by atoms with Gasteiger partial charge in [-0.25, -0.2) is 4.98 Å². The Hall–Kier alpha value is -1.16. The molecule has 4 nitrogen and oxygen atoms in total. The smallest absolute Gasteiger partial charge is 0.144 e. The molecular formula is C18H35N3O. The van der Waals surface area contributed by atoms with Crippen LogP contribution in [0, 0.1) is 0 Å². The predicted molar refractivity (Wildman–Crippen MR) is 95.3 cm³/mol. The van der Waals surface area contributed by atoms with Gasteiger partial charge in [0.2, 0.25) is 0 Å². The first-order chi connectivity index (χ1) is 10.9. The molecule has 22 heavy (non-hydrogen) atoms. The van der Waals surface area contributed by atoms with Gasteiger partial charge in [0.1, 0.15) is 5.82 Å². The largest absolute Gasteiger partial charge is 0.381 e. The third-order valence-corrected chi connectivity index (χ3v) is 3.73. The van der Waals surface area contributed by atoms with Gasteiger partial charge in [-0.3, -0.25) is 4.98 Å². The quantitative estimate of drug-likeness (QED) is 0.459. The summed E-state index contributed by atoms with van der Waals surface area (Å²) in [7, 11) is 0. The Bertz CT molecular complexity index is 338. The summed E-state index contributed by atoms with van der Waals surface area (Å²) >= 11 is 0. The Kier molecular flexibility index (Phi) is 12.7. The van der Waals surface area contributed by atoms with Crippen molar-refractivity contribution in [2.24, 2.45) is 0 Å². The lowest BCUT2D eigenvalue weighted by Gasteiger charge is -2.05. The molecule has 0 fully saturated rings. The van der Waals surface area contributed by atoms with Gasteiger partial charge in [-0.05, 0) is 19.3 Å². The Morgan fingerprint density at radius 2 is 1.59 bits per heavy atom. The molecule has 0 aliphatic rings. The molecule has 0 saturated carbocycles. The van der Waals surface area contributed by atoms with Crippen molar-refractivity contribution in [3.8, 4) is 0 Å². The maximum Gasteiger partial charge on any atom is 0.144 e. The van der Waals surface area contributed by atoms with Crippen LogP contribution < -0.4 is 5.32 Å². The number of aromatic nitrogens is 2. The summed E-state index contributed by atoms with van der Waals surface area (Å²) in [5.74, 6) is 0.874. The lowest BCUT2D eigenvalue weighted by atomic mass is 10.1. The van der Waals surface area contributed by atoms with Crippen molar-refractivity contribution in [2.75, 3.05) is 25.1 Å². The van der Waals surface area contributed by atoms with Crippen LogP contribution >= 0.6 is 0 Å². The van der Waals surface area contributed by atoms with Crippen molar-refractivity contribution < 1.29 is 6.16 Å². The summed E-state index contributed by atoms with van der Waals surface area (Å²) in [6, 6.07) is 0. The minimum absolute atomic E-state index is 0. The molecule has 0 atom stereocenters. The Morgan fingerprint density at radius 1 is 0.909 bits per heavy atom. The maximum atomic E-state index is 5.65. The molecule has 1 aromatic heterocycles. The lowest BCUT2D eigenvalue weighted by Crippen LogP contribution is -2.03. The van der Waals surface area contributed by atoms with Gasteiger partial charge >= 0.3 is 0 Å². The van der Waals surface area contributed by atoms with E-state index < -0.39 is 0 Å². The molecule has 0 aliphatic carbocycles. The molecule has 1 rings (SSSR count). The van der Waals surface area contributed by atoms with Crippen LogP contribution in [0.2, 0.25) is 0 Å². The van der Waals surface area contributed by atoms with E-state index >= 15 is 0 Å². The fourth-order valence-electron chi connectivity index (χ4n) is 2.38. The topological polar surface area (TPSA) is 47.0 Å². The number of unbranched alkanes of at least 4 members (excludes halogenated alkanes) is 8. The van der Waals surface area contributed by atoms with Crippen molar-refractivity contribution in [1.29, 1.82) is 0 Å². The molecular weight excluding hydrogens is 274 g/mol. The summed E-state index contributed by atoms with van der Waals surface area (Å²) < 4.78 is 5.65. The van der Waals surface area contributed by atoms with Gasteiger partial charge in [-0.15, -0.1) is 0 Å². The zero-order chi connectivity index (χ0) is 15.7. The van der Waals surface area contributed by atoms with E-state index in [-0.39, 0.29) is 1.43 Å². The van der Waals surface area contributed by atoms with Crippen LogP contribution in [-0.4, -0.2) is 29.7 Å². The zero-order valence-electron chi connectivity index (χ0n) is 14.2. The van der Waals surface area contributed by atoms with Gasteiger partial charge in [-0.1, -0.05) is 51.9 Å². The lowest BCUT2D eigenvalue weighted by molar-refractivity contribution is 0.126. The number of ether oxygens (including phenoxy) is 1. The predicted octanol–water partition coefficient (Wildman–Crippen LogP) is 5.07. The Labute approximate surface area is 137 Å². The van der Waals surface area contributed by atoms with E-state index in [1.165, 1.54) is 64.2 Å². The molecule has 1 N–H and O–H groups in total. The Morgan fingerprint density at radius 3 is 2.27 bits per heavy atom. The van der Waals surface area contributed by atoms with Crippen molar-refractivity contribution in [2.45, 2.75) is 71.1 Å². The van der Waals surface area contributed by atoms with Crippen LogP contribution in [0.25, 0.3) is 0 Å².